The number of benzene rings is 2. The topological polar surface area (TPSA) is 102 Å². The molecule has 0 spiro atoms. The van der Waals surface area contributed by atoms with E-state index in [9.17, 15) is 10.1 Å². The Morgan fingerprint density at radius 1 is 1.05 bits per heavy atom. The summed E-state index contributed by atoms with van der Waals surface area (Å²) in [5, 5.41) is 17.8. The van der Waals surface area contributed by atoms with Crippen LogP contribution in [-0.4, -0.2) is 66.3 Å². The zero-order valence-electron chi connectivity index (χ0n) is 23.8. The summed E-state index contributed by atoms with van der Waals surface area (Å²) >= 11 is 0. The molecule has 2 fully saturated rings. The molecule has 3 aromatic rings. The fourth-order valence-corrected chi connectivity index (χ4v) is 6.53. The van der Waals surface area contributed by atoms with Crippen molar-refractivity contribution in [2.45, 2.75) is 46.1 Å². The summed E-state index contributed by atoms with van der Waals surface area (Å²) in [4.78, 5) is 20.4. The van der Waals surface area contributed by atoms with Gasteiger partial charge in [-0.05, 0) is 92.5 Å². The summed E-state index contributed by atoms with van der Waals surface area (Å²) in [6.07, 6.45) is 4.77. The molecule has 0 bridgehead atoms. The number of aromatic nitrogens is 2. The summed E-state index contributed by atoms with van der Waals surface area (Å²) in [6.45, 7) is 10.5. The van der Waals surface area contributed by atoms with Gasteiger partial charge in [0, 0.05) is 51.0 Å². The van der Waals surface area contributed by atoms with Gasteiger partial charge in [-0.3, -0.25) is 4.79 Å². The molecule has 0 aliphatic carbocycles. The van der Waals surface area contributed by atoms with E-state index in [0.717, 1.165) is 66.1 Å². The van der Waals surface area contributed by atoms with Crippen LogP contribution in [0.5, 0.6) is 0 Å². The molecule has 1 amide bonds. The lowest BCUT2D eigenvalue weighted by Crippen LogP contribution is -2.57. The van der Waals surface area contributed by atoms with Gasteiger partial charge in [0.05, 0.1) is 17.3 Å². The molecule has 2 aliphatic rings. The number of amides is 1. The Morgan fingerprint density at radius 2 is 1.82 bits per heavy atom. The zero-order valence-corrected chi connectivity index (χ0v) is 23.8. The number of aryl methyl sites for hydroxylation is 2. The van der Waals surface area contributed by atoms with Gasteiger partial charge in [0.25, 0.3) is 5.91 Å². The van der Waals surface area contributed by atoms with E-state index in [0.29, 0.717) is 32.1 Å². The third-order valence-electron chi connectivity index (χ3n) is 8.71. The lowest BCUT2D eigenvalue weighted by atomic mass is 9.83. The number of piperazine rings is 1. The summed E-state index contributed by atoms with van der Waals surface area (Å²) in [5.74, 6) is 1.44. The number of anilines is 2. The minimum atomic E-state index is -0.00344. The van der Waals surface area contributed by atoms with E-state index in [1.165, 1.54) is 11.1 Å². The first-order valence-corrected chi connectivity index (χ1v) is 14.3. The largest absolute Gasteiger partial charge is 0.370 e. The molecule has 5 rings (SSSR count). The Hall–Kier alpha value is -3.96. The number of hydrogen-bond acceptors (Lipinski definition) is 7. The molecule has 2 aliphatic heterocycles. The standard InChI is InChI=1S/C32H39N7O/c1-22-17-23(2)31(32(40)38-15-16-39(27(20-34)21-38)30-9-6-12-35-36-30)24(3)28(22)18-25-10-13-37(14-11-25)29-8-5-4-7-26(29)19-33/h4-9,12,17,25,27H,10-11,13-16,18,20-21,34H2,1-3H3/t27-/m1/s1. The highest BCUT2D eigenvalue weighted by molar-refractivity contribution is 5.97. The van der Waals surface area contributed by atoms with Gasteiger partial charge >= 0.3 is 0 Å². The van der Waals surface area contributed by atoms with Gasteiger partial charge in [0.1, 0.15) is 6.07 Å². The summed E-state index contributed by atoms with van der Waals surface area (Å²) in [5.41, 5.74) is 13.5. The van der Waals surface area contributed by atoms with Crippen LogP contribution >= 0.6 is 0 Å². The summed E-state index contributed by atoms with van der Waals surface area (Å²) in [7, 11) is 0. The van der Waals surface area contributed by atoms with Crippen molar-refractivity contribution in [1.82, 2.24) is 15.1 Å². The van der Waals surface area contributed by atoms with Crippen LogP contribution in [-0.2, 0) is 6.42 Å². The van der Waals surface area contributed by atoms with Crippen LogP contribution in [0.2, 0.25) is 0 Å². The van der Waals surface area contributed by atoms with Gasteiger partial charge in [-0.2, -0.15) is 10.4 Å². The number of nitrogens with zero attached hydrogens (tertiary/aromatic N) is 6. The highest BCUT2D eigenvalue weighted by Crippen LogP contribution is 2.32. The molecule has 0 saturated carbocycles. The Morgan fingerprint density at radius 3 is 2.52 bits per heavy atom. The minimum absolute atomic E-state index is 0.00344. The number of piperidine rings is 1. The van der Waals surface area contributed by atoms with Gasteiger partial charge in [-0.15, -0.1) is 5.10 Å². The molecular weight excluding hydrogens is 498 g/mol. The summed E-state index contributed by atoms with van der Waals surface area (Å²) in [6, 6.07) is 16.2. The van der Waals surface area contributed by atoms with Crippen molar-refractivity contribution in [3.63, 3.8) is 0 Å². The van der Waals surface area contributed by atoms with Crippen molar-refractivity contribution in [3.05, 3.63) is 82.0 Å². The fourth-order valence-electron chi connectivity index (χ4n) is 6.53. The molecule has 0 unspecified atom stereocenters. The average molecular weight is 538 g/mol. The molecular formula is C32H39N7O. The second kappa shape index (κ2) is 12.1. The van der Waals surface area contributed by atoms with Gasteiger partial charge in [-0.25, -0.2) is 0 Å². The fraction of sp³-hybridized carbons (Fsp3) is 0.438. The maximum atomic E-state index is 14.0. The monoisotopic (exact) mass is 537 g/mol. The number of hydrogen-bond donors (Lipinski definition) is 1. The Kier molecular flexibility index (Phi) is 8.32. The first-order valence-electron chi connectivity index (χ1n) is 14.3. The molecule has 1 aromatic heterocycles. The predicted molar refractivity (Wildman–Crippen MR) is 159 cm³/mol. The lowest BCUT2D eigenvalue weighted by molar-refractivity contribution is 0.0722. The van der Waals surface area contributed by atoms with E-state index in [-0.39, 0.29) is 11.9 Å². The molecule has 40 heavy (non-hydrogen) atoms. The number of carbonyl (C=O) groups is 1. The second-order valence-electron chi connectivity index (χ2n) is 11.2. The first-order chi connectivity index (χ1) is 19.4. The number of nitriles is 1. The van der Waals surface area contributed by atoms with E-state index in [1.807, 2.05) is 41.3 Å². The zero-order chi connectivity index (χ0) is 28.2. The van der Waals surface area contributed by atoms with Crippen molar-refractivity contribution in [1.29, 1.82) is 5.26 Å². The molecule has 0 radical (unpaired) electrons. The molecule has 3 heterocycles. The molecule has 8 heteroatoms. The Labute approximate surface area is 237 Å². The number of para-hydroxylation sites is 1. The third-order valence-corrected chi connectivity index (χ3v) is 8.71. The van der Waals surface area contributed by atoms with E-state index in [1.54, 1.807) is 6.20 Å². The maximum Gasteiger partial charge on any atom is 0.254 e. The van der Waals surface area contributed by atoms with Crippen molar-refractivity contribution in [2.75, 3.05) is 49.1 Å². The number of nitrogens with two attached hydrogens (primary N) is 1. The number of rotatable bonds is 6. The van der Waals surface area contributed by atoms with E-state index < -0.39 is 0 Å². The van der Waals surface area contributed by atoms with Gasteiger partial charge in [0.15, 0.2) is 5.82 Å². The van der Waals surface area contributed by atoms with Crippen molar-refractivity contribution >= 4 is 17.4 Å². The molecule has 8 nitrogen and oxygen atoms in total. The minimum Gasteiger partial charge on any atom is -0.370 e. The third kappa shape index (κ3) is 5.52. The first kappa shape index (κ1) is 27.6. The van der Waals surface area contributed by atoms with Gasteiger partial charge in [-0.1, -0.05) is 18.2 Å². The average Bonchev–Trinajstić information content (AvgIpc) is 2.99. The van der Waals surface area contributed by atoms with Crippen LogP contribution in [0.25, 0.3) is 0 Å². The van der Waals surface area contributed by atoms with Crippen molar-refractivity contribution in [2.24, 2.45) is 11.7 Å². The van der Waals surface area contributed by atoms with E-state index in [4.69, 9.17) is 5.73 Å². The normalized spacial score (nSPS) is 18.1. The molecule has 2 saturated heterocycles. The predicted octanol–water partition coefficient (Wildman–Crippen LogP) is 4.02. The van der Waals surface area contributed by atoms with Crippen molar-refractivity contribution < 1.29 is 4.79 Å². The summed E-state index contributed by atoms with van der Waals surface area (Å²) < 4.78 is 0. The molecule has 2 N–H and O–H groups in total. The van der Waals surface area contributed by atoms with Crippen LogP contribution < -0.4 is 15.5 Å². The smallest absolute Gasteiger partial charge is 0.254 e. The van der Waals surface area contributed by atoms with Gasteiger partial charge < -0.3 is 20.4 Å². The number of carbonyl (C=O) groups excluding carboxylic acids is 1. The highest BCUT2D eigenvalue weighted by Gasteiger charge is 2.32. The second-order valence-corrected chi connectivity index (χ2v) is 11.2. The van der Waals surface area contributed by atoms with Crippen LogP contribution in [0.1, 0.15) is 51.0 Å². The SMILES string of the molecule is Cc1cc(C)c(C(=O)N2CCN(c3cccnn3)[C@H](CN)C2)c(C)c1CC1CCN(c2ccccc2C#N)CC1. The van der Waals surface area contributed by atoms with Gasteiger partial charge in [0.2, 0.25) is 0 Å². The van der Waals surface area contributed by atoms with Crippen LogP contribution in [0.4, 0.5) is 11.5 Å². The highest BCUT2D eigenvalue weighted by atomic mass is 16.2. The maximum absolute atomic E-state index is 14.0. The van der Waals surface area contributed by atoms with E-state index >= 15 is 0 Å². The van der Waals surface area contributed by atoms with Crippen molar-refractivity contribution in [3.8, 4) is 6.07 Å². The quantitative estimate of drug-likeness (QED) is 0.507. The van der Waals surface area contributed by atoms with Crippen LogP contribution in [0.3, 0.4) is 0 Å². The molecule has 1 atom stereocenters. The Balaban J connectivity index is 1.30. The van der Waals surface area contributed by atoms with Crippen LogP contribution in [0, 0.1) is 38.0 Å². The lowest BCUT2D eigenvalue weighted by Gasteiger charge is -2.41. The van der Waals surface area contributed by atoms with Crippen LogP contribution in [0.15, 0.2) is 48.7 Å². The molecule has 208 valence electrons. The molecule has 2 aromatic carbocycles. The Bertz CT molecular complexity index is 1390. The van der Waals surface area contributed by atoms with E-state index in [2.05, 4.69) is 52.9 Å².